The Hall–Kier alpha value is -2.33. The van der Waals surface area contributed by atoms with Crippen molar-refractivity contribution < 1.29 is 0 Å². The molecule has 0 fully saturated rings. The van der Waals surface area contributed by atoms with Gasteiger partial charge in [-0.3, -0.25) is 0 Å². The van der Waals surface area contributed by atoms with Crippen molar-refractivity contribution in [2.45, 2.75) is 11.8 Å². The highest BCUT2D eigenvalue weighted by Crippen LogP contribution is 2.29. The molecule has 0 heterocycles. The largest absolute Gasteiger partial charge is 0.197 e. The number of rotatable bonds is 4. The summed E-state index contributed by atoms with van der Waals surface area (Å²) >= 11 is 0. The van der Waals surface area contributed by atoms with E-state index in [-0.39, 0.29) is 0 Å². The summed E-state index contributed by atoms with van der Waals surface area (Å²) in [5.74, 6) is 0. The highest BCUT2D eigenvalue weighted by atomic mass is 14.4. The van der Waals surface area contributed by atoms with Crippen LogP contribution >= 0.6 is 0 Å². The maximum absolute atomic E-state index is 9.57. The number of hydrogen-bond donors (Lipinski definition) is 0. The minimum atomic E-state index is -0.650. The van der Waals surface area contributed by atoms with Crippen LogP contribution in [0.4, 0.5) is 0 Å². The third-order valence-corrected chi connectivity index (χ3v) is 3.16. The van der Waals surface area contributed by atoms with Crippen LogP contribution in [-0.2, 0) is 11.8 Å². The lowest BCUT2D eigenvalue weighted by molar-refractivity contribution is 0.681. The quantitative estimate of drug-likeness (QED) is 0.735. The third-order valence-electron chi connectivity index (χ3n) is 3.16. The number of benzene rings is 2. The van der Waals surface area contributed by atoms with Gasteiger partial charge in [-0.1, -0.05) is 66.7 Å². The zero-order valence-electron chi connectivity index (χ0n) is 10.2. The van der Waals surface area contributed by atoms with Gasteiger partial charge in [0.25, 0.3) is 0 Å². The van der Waals surface area contributed by atoms with Crippen LogP contribution in [0.15, 0.2) is 73.3 Å². The monoisotopic (exact) mass is 233 g/mol. The van der Waals surface area contributed by atoms with Gasteiger partial charge in [0.1, 0.15) is 5.41 Å². The first kappa shape index (κ1) is 12.1. The Kier molecular flexibility index (Phi) is 3.60. The van der Waals surface area contributed by atoms with Crippen LogP contribution in [0, 0.1) is 11.3 Å². The molecule has 2 aromatic rings. The van der Waals surface area contributed by atoms with Crippen LogP contribution in [0.3, 0.4) is 0 Å². The summed E-state index contributed by atoms with van der Waals surface area (Å²) in [6.07, 6.45) is 2.40. The van der Waals surface area contributed by atoms with E-state index in [0.29, 0.717) is 6.42 Å². The summed E-state index contributed by atoms with van der Waals surface area (Å²) in [5, 5.41) is 9.57. The molecule has 0 saturated carbocycles. The van der Waals surface area contributed by atoms with Gasteiger partial charge in [-0.15, -0.1) is 6.58 Å². The van der Waals surface area contributed by atoms with Crippen LogP contribution in [0.2, 0.25) is 0 Å². The van der Waals surface area contributed by atoms with E-state index in [1.165, 1.54) is 0 Å². The SMILES string of the molecule is C=CC(C#N)(Cc1ccccc1)c1ccccc1. The topological polar surface area (TPSA) is 23.8 Å². The van der Waals surface area contributed by atoms with Crippen LogP contribution < -0.4 is 0 Å². The maximum Gasteiger partial charge on any atom is 0.104 e. The molecule has 0 aromatic heterocycles. The van der Waals surface area contributed by atoms with E-state index in [4.69, 9.17) is 0 Å². The lowest BCUT2D eigenvalue weighted by atomic mass is 9.77. The van der Waals surface area contributed by atoms with Crippen LogP contribution in [0.5, 0.6) is 0 Å². The fourth-order valence-corrected chi connectivity index (χ4v) is 2.10. The summed E-state index contributed by atoms with van der Waals surface area (Å²) < 4.78 is 0. The fraction of sp³-hybridized carbons (Fsp3) is 0.118. The molecule has 1 nitrogen and oxygen atoms in total. The molecule has 2 rings (SSSR count). The van der Waals surface area contributed by atoms with E-state index in [9.17, 15) is 5.26 Å². The van der Waals surface area contributed by atoms with Crippen molar-refractivity contribution in [2.75, 3.05) is 0 Å². The molecular formula is C17H15N. The van der Waals surface area contributed by atoms with E-state index in [1.807, 2.05) is 60.7 Å². The summed E-state index contributed by atoms with van der Waals surface area (Å²) in [7, 11) is 0. The Bertz CT molecular complexity index is 551. The Labute approximate surface area is 108 Å². The molecule has 0 amide bonds. The summed E-state index contributed by atoms with van der Waals surface area (Å²) in [6, 6.07) is 22.3. The second-order valence-electron chi connectivity index (χ2n) is 4.32. The molecular weight excluding hydrogens is 218 g/mol. The summed E-state index contributed by atoms with van der Waals surface area (Å²) in [4.78, 5) is 0. The molecule has 0 aliphatic heterocycles. The Morgan fingerprint density at radius 3 is 2.06 bits per heavy atom. The first-order valence-electron chi connectivity index (χ1n) is 5.95. The zero-order valence-corrected chi connectivity index (χ0v) is 10.2. The number of nitrogens with zero attached hydrogens (tertiary/aromatic N) is 1. The van der Waals surface area contributed by atoms with Crippen molar-refractivity contribution in [2.24, 2.45) is 0 Å². The second-order valence-corrected chi connectivity index (χ2v) is 4.32. The second kappa shape index (κ2) is 5.33. The van der Waals surface area contributed by atoms with E-state index < -0.39 is 5.41 Å². The van der Waals surface area contributed by atoms with E-state index in [0.717, 1.165) is 11.1 Å². The Balaban J connectivity index is 2.40. The van der Waals surface area contributed by atoms with Crippen molar-refractivity contribution in [3.05, 3.63) is 84.4 Å². The first-order valence-corrected chi connectivity index (χ1v) is 5.95. The van der Waals surface area contributed by atoms with E-state index >= 15 is 0 Å². The van der Waals surface area contributed by atoms with E-state index in [2.05, 4.69) is 12.6 Å². The molecule has 0 aliphatic rings. The highest BCUT2D eigenvalue weighted by molar-refractivity contribution is 5.40. The van der Waals surface area contributed by atoms with Gasteiger partial charge in [0.05, 0.1) is 6.07 Å². The van der Waals surface area contributed by atoms with Crippen molar-refractivity contribution in [1.82, 2.24) is 0 Å². The van der Waals surface area contributed by atoms with Gasteiger partial charge in [-0.05, 0) is 17.5 Å². The number of hydrogen-bond acceptors (Lipinski definition) is 1. The smallest absolute Gasteiger partial charge is 0.104 e. The minimum absolute atomic E-state index is 0.650. The molecule has 18 heavy (non-hydrogen) atoms. The fourth-order valence-electron chi connectivity index (χ4n) is 2.10. The van der Waals surface area contributed by atoms with Gasteiger partial charge in [-0.25, -0.2) is 0 Å². The van der Waals surface area contributed by atoms with Gasteiger partial charge in [0.15, 0.2) is 0 Å². The molecule has 0 radical (unpaired) electrons. The van der Waals surface area contributed by atoms with Gasteiger partial charge >= 0.3 is 0 Å². The van der Waals surface area contributed by atoms with Gasteiger partial charge in [0.2, 0.25) is 0 Å². The molecule has 0 N–H and O–H groups in total. The molecule has 1 atom stereocenters. The molecule has 0 spiro atoms. The summed E-state index contributed by atoms with van der Waals surface area (Å²) in [5.41, 5.74) is 1.48. The van der Waals surface area contributed by atoms with Crippen molar-refractivity contribution >= 4 is 0 Å². The molecule has 1 unspecified atom stereocenters. The van der Waals surface area contributed by atoms with E-state index in [1.54, 1.807) is 6.08 Å². The predicted molar refractivity (Wildman–Crippen MR) is 74.1 cm³/mol. The standard InChI is InChI=1S/C17H15N/c1-2-17(14-18,16-11-7-4-8-12-16)13-15-9-5-3-6-10-15/h2-12H,1,13H2. The molecule has 2 aromatic carbocycles. The van der Waals surface area contributed by atoms with Gasteiger partial charge in [0, 0.05) is 0 Å². The number of nitriles is 1. The Morgan fingerprint density at radius 2 is 1.56 bits per heavy atom. The van der Waals surface area contributed by atoms with Crippen molar-refractivity contribution in [3.63, 3.8) is 0 Å². The van der Waals surface area contributed by atoms with Gasteiger partial charge < -0.3 is 0 Å². The van der Waals surface area contributed by atoms with Crippen LogP contribution in [-0.4, -0.2) is 0 Å². The lowest BCUT2D eigenvalue weighted by Crippen LogP contribution is -2.24. The maximum atomic E-state index is 9.57. The third kappa shape index (κ3) is 2.33. The highest BCUT2D eigenvalue weighted by Gasteiger charge is 2.28. The van der Waals surface area contributed by atoms with Crippen LogP contribution in [0.25, 0.3) is 0 Å². The average Bonchev–Trinajstić information content (AvgIpc) is 2.47. The molecule has 0 aliphatic carbocycles. The first-order chi connectivity index (χ1) is 8.80. The van der Waals surface area contributed by atoms with Crippen LogP contribution in [0.1, 0.15) is 11.1 Å². The number of allylic oxidation sites excluding steroid dienone is 1. The Morgan fingerprint density at radius 1 is 1.00 bits per heavy atom. The summed E-state index contributed by atoms with van der Waals surface area (Å²) in [6.45, 7) is 3.85. The average molecular weight is 233 g/mol. The molecule has 0 bridgehead atoms. The van der Waals surface area contributed by atoms with Crippen molar-refractivity contribution in [1.29, 1.82) is 5.26 Å². The molecule has 0 saturated heterocycles. The zero-order chi connectivity index (χ0) is 12.8. The molecule has 1 heteroatoms. The normalized spacial score (nSPS) is 13.3. The van der Waals surface area contributed by atoms with Crippen molar-refractivity contribution in [3.8, 4) is 6.07 Å². The predicted octanol–water partition coefficient (Wildman–Crippen LogP) is 3.88. The van der Waals surface area contributed by atoms with Gasteiger partial charge in [-0.2, -0.15) is 5.26 Å². The lowest BCUT2D eigenvalue weighted by Gasteiger charge is -2.23. The molecule has 88 valence electrons. The minimum Gasteiger partial charge on any atom is -0.197 e.